The lowest BCUT2D eigenvalue weighted by Gasteiger charge is -2.40. The van der Waals surface area contributed by atoms with Crippen molar-refractivity contribution >= 4 is 11.7 Å². The molecule has 0 amide bonds. The number of carboxylic acid groups (broad SMARTS) is 1. The number of carbonyl (C=O) groups is 1. The zero-order valence-electron chi connectivity index (χ0n) is 26.1. The summed E-state index contributed by atoms with van der Waals surface area (Å²) >= 11 is 0. The Morgan fingerprint density at radius 3 is 2.13 bits per heavy atom. The van der Waals surface area contributed by atoms with Gasteiger partial charge < -0.3 is 14.7 Å². The Hall–Kier alpha value is -2.95. The zero-order chi connectivity index (χ0) is 32.5. The molecule has 2 heterocycles. The van der Waals surface area contributed by atoms with E-state index in [1.807, 2.05) is 30.3 Å². The number of pyridine rings is 1. The number of halogens is 5. The summed E-state index contributed by atoms with van der Waals surface area (Å²) in [4.78, 5) is 18.0. The van der Waals surface area contributed by atoms with E-state index in [2.05, 4.69) is 11.9 Å². The summed E-state index contributed by atoms with van der Waals surface area (Å²) in [7, 11) is 0. The van der Waals surface area contributed by atoms with Crippen molar-refractivity contribution in [1.82, 2.24) is 9.88 Å². The van der Waals surface area contributed by atoms with Crippen LogP contribution >= 0.6 is 0 Å². The highest BCUT2D eigenvalue weighted by Crippen LogP contribution is 2.54. The van der Waals surface area contributed by atoms with E-state index in [0.29, 0.717) is 31.3 Å². The largest absolute Gasteiger partial charge is 0.477 e. The third-order valence-corrected chi connectivity index (χ3v) is 8.75. The summed E-state index contributed by atoms with van der Waals surface area (Å²) in [5, 5.41) is 8.93. The summed E-state index contributed by atoms with van der Waals surface area (Å²) in [5.41, 5.74) is -0.310. The SMILES string of the molecule is CCCCCCCCCCN(Cc1ccccc1)C1(C(F)(F)F)CC1.O=C(O)c1ccc(N2CC(F)(F)C2)c(OCC2CC2)n1. The maximum absolute atomic E-state index is 13.6. The molecule has 0 atom stereocenters. The second-order valence-electron chi connectivity index (χ2n) is 12.7. The smallest absolute Gasteiger partial charge is 0.406 e. The van der Waals surface area contributed by atoms with Crippen molar-refractivity contribution in [2.45, 2.75) is 108 Å². The molecule has 45 heavy (non-hydrogen) atoms. The molecular weight excluding hydrogens is 593 g/mol. The molecule has 2 aromatic rings. The number of hydrogen-bond donors (Lipinski definition) is 1. The van der Waals surface area contributed by atoms with Crippen LogP contribution in [0.15, 0.2) is 42.5 Å². The summed E-state index contributed by atoms with van der Waals surface area (Å²) in [6, 6.07) is 12.3. The number of unbranched alkanes of at least 4 members (excludes halogenated alkanes) is 7. The number of nitrogens with zero attached hydrogens (tertiary/aromatic N) is 3. The van der Waals surface area contributed by atoms with Crippen molar-refractivity contribution in [2.24, 2.45) is 5.92 Å². The van der Waals surface area contributed by atoms with Gasteiger partial charge in [0.15, 0.2) is 5.69 Å². The van der Waals surface area contributed by atoms with Crippen LogP contribution in [-0.4, -0.2) is 64.8 Å². The van der Waals surface area contributed by atoms with Gasteiger partial charge in [0, 0.05) is 6.54 Å². The fourth-order valence-electron chi connectivity index (χ4n) is 5.65. The van der Waals surface area contributed by atoms with Gasteiger partial charge in [-0.25, -0.2) is 18.6 Å². The fourth-order valence-corrected chi connectivity index (χ4v) is 5.65. The van der Waals surface area contributed by atoms with Crippen LogP contribution in [0.3, 0.4) is 0 Å². The Balaban J connectivity index is 0.000000209. The average Bonchev–Trinajstić information content (AvgIpc) is 3.91. The minimum absolute atomic E-state index is 0.132. The molecule has 1 aliphatic heterocycles. The van der Waals surface area contributed by atoms with Crippen molar-refractivity contribution < 1.29 is 36.6 Å². The number of anilines is 1. The molecule has 6 nitrogen and oxygen atoms in total. The molecule has 5 rings (SSSR count). The van der Waals surface area contributed by atoms with Crippen LogP contribution in [0.5, 0.6) is 5.88 Å². The quantitative estimate of drug-likeness (QED) is 0.138. The Morgan fingerprint density at radius 2 is 1.60 bits per heavy atom. The number of benzene rings is 1. The van der Waals surface area contributed by atoms with Gasteiger partial charge in [-0.15, -0.1) is 0 Å². The molecule has 0 spiro atoms. The van der Waals surface area contributed by atoms with E-state index in [0.717, 1.165) is 37.7 Å². The lowest BCUT2D eigenvalue weighted by molar-refractivity contribution is -0.198. The van der Waals surface area contributed by atoms with Crippen molar-refractivity contribution in [1.29, 1.82) is 0 Å². The first kappa shape index (κ1) is 34.9. The van der Waals surface area contributed by atoms with E-state index in [9.17, 15) is 26.7 Å². The molecule has 0 radical (unpaired) electrons. The molecule has 1 N–H and O–H groups in total. The summed E-state index contributed by atoms with van der Waals surface area (Å²) in [6.07, 6.45) is 7.86. The fraction of sp³-hybridized carbons (Fsp3) is 0.647. The van der Waals surface area contributed by atoms with Gasteiger partial charge in [-0.3, -0.25) is 4.90 Å². The van der Waals surface area contributed by atoms with E-state index in [4.69, 9.17) is 9.84 Å². The molecule has 2 saturated carbocycles. The van der Waals surface area contributed by atoms with Crippen LogP contribution in [0, 0.1) is 5.92 Å². The number of aromatic carboxylic acids is 1. The molecule has 0 bridgehead atoms. The van der Waals surface area contributed by atoms with Crippen LogP contribution in [0.25, 0.3) is 0 Å². The first-order valence-corrected chi connectivity index (χ1v) is 16.3. The van der Waals surface area contributed by atoms with Gasteiger partial charge in [0.25, 0.3) is 5.92 Å². The lowest BCUT2D eigenvalue weighted by Crippen LogP contribution is -2.56. The van der Waals surface area contributed by atoms with Crippen LogP contribution in [0.2, 0.25) is 0 Å². The number of rotatable bonds is 17. The van der Waals surface area contributed by atoms with Gasteiger partial charge in [-0.1, -0.05) is 82.2 Å². The number of alkyl halides is 5. The lowest BCUT2D eigenvalue weighted by atomic mass is 10.1. The van der Waals surface area contributed by atoms with Gasteiger partial charge in [0.05, 0.1) is 19.7 Å². The number of ether oxygens (including phenoxy) is 1. The highest BCUT2D eigenvalue weighted by Gasteiger charge is 2.66. The van der Waals surface area contributed by atoms with E-state index in [-0.39, 0.29) is 37.5 Å². The predicted molar refractivity (Wildman–Crippen MR) is 164 cm³/mol. The van der Waals surface area contributed by atoms with Gasteiger partial charge in [0.2, 0.25) is 5.88 Å². The zero-order valence-corrected chi connectivity index (χ0v) is 26.1. The van der Waals surface area contributed by atoms with Crippen molar-refractivity contribution in [3.8, 4) is 5.88 Å². The third kappa shape index (κ3) is 10.3. The Labute approximate surface area is 263 Å². The van der Waals surface area contributed by atoms with E-state index >= 15 is 0 Å². The first-order chi connectivity index (χ1) is 21.4. The van der Waals surface area contributed by atoms with Gasteiger partial charge >= 0.3 is 12.1 Å². The molecule has 1 aromatic heterocycles. The third-order valence-electron chi connectivity index (χ3n) is 8.75. The second kappa shape index (κ2) is 15.6. The van der Waals surface area contributed by atoms with Gasteiger partial charge in [0.1, 0.15) is 11.2 Å². The maximum atomic E-state index is 13.6. The molecule has 2 aliphatic carbocycles. The van der Waals surface area contributed by atoms with Crippen molar-refractivity contribution in [2.75, 3.05) is 31.1 Å². The predicted octanol–water partition coefficient (Wildman–Crippen LogP) is 8.75. The average molecular weight is 640 g/mol. The van der Waals surface area contributed by atoms with Gasteiger partial charge in [-0.05, 0) is 62.3 Å². The minimum Gasteiger partial charge on any atom is -0.477 e. The van der Waals surface area contributed by atoms with Crippen LogP contribution in [0.4, 0.5) is 27.6 Å². The number of carboxylic acids is 1. The normalized spacial score (nSPS) is 18.2. The molecule has 1 saturated heterocycles. The molecule has 11 heteroatoms. The van der Waals surface area contributed by atoms with Crippen molar-refractivity contribution in [3.05, 3.63) is 53.7 Å². The highest BCUT2D eigenvalue weighted by atomic mass is 19.4. The maximum Gasteiger partial charge on any atom is 0.406 e. The van der Waals surface area contributed by atoms with Crippen LogP contribution in [0.1, 0.15) is 100 Å². The summed E-state index contributed by atoms with van der Waals surface area (Å²) < 4.78 is 72.1. The standard InChI is InChI=1S/C21H32F3N.C13H14F2N2O3/c1-2-3-4-5-6-7-8-12-17-25(18-19-13-10-9-11-14-19)20(15-16-20)21(22,23)24;14-13(15)6-17(7-13)10-4-3-9(12(18)19)16-11(10)20-5-8-1-2-8/h9-11,13-14H,2-8,12,15-18H2,1H3;3-4,8H,1-2,5-7H2,(H,18,19). The summed E-state index contributed by atoms with van der Waals surface area (Å²) in [5.74, 6) is -3.26. The molecule has 3 fully saturated rings. The molecular formula is C34H46F5N3O3. The Kier molecular flexibility index (Phi) is 12.1. The number of aromatic nitrogens is 1. The van der Waals surface area contributed by atoms with Crippen molar-refractivity contribution in [3.63, 3.8) is 0 Å². The molecule has 3 aliphatic rings. The Morgan fingerprint density at radius 1 is 0.978 bits per heavy atom. The molecule has 1 aromatic carbocycles. The van der Waals surface area contributed by atoms with Gasteiger partial charge in [-0.2, -0.15) is 13.2 Å². The number of hydrogen-bond acceptors (Lipinski definition) is 5. The van der Waals surface area contributed by atoms with Crippen LogP contribution < -0.4 is 9.64 Å². The highest BCUT2D eigenvalue weighted by molar-refractivity contribution is 5.86. The topological polar surface area (TPSA) is 65.9 Å². The second-order valence-corrected chi connectivity index (χ2v) is 12.7. The minimum atomic E-state index is -4.12. The summed E-state index contributed by atoms with van der Waals surface area (Å²) in [6.45, 7) is 2.82. The molecule has 250 valence electrons. The van der Waals surface area contributed by atoms with Crippen LogP contribution in [-0.2, 0) is 6.54 Å². The van der Waals surface area contributed by atoms with E-state index in [1.54, 1.807) is 4.90 Å². The Bertz CT molecular complexity index is 1210. The monoisotopic (exact) mass is 639 g/mol. The van der Waals surface area contributed by atoms with E-state index < -0.39 is 23.6 Å². The van der Waals surface area contributed by atoms with E-state index in [1.165, 1.54) is 49.1 Å². The molecule has 0 unspecified atom stereocenters. The first-order valence-electron chi connectivity index (χ1n) is 16.3.